The number of nitrogens with zero attached hydrogens (tertiary/aromatic N) is 1. The molecule has 6 heteroatoms. The minimum Gasteiger partial charge on any atom is -0.480 e. The Bertz CT molecular complexity index is 288. The van der Waals surface area contributed by atoms with Gasteiger partial charge in [0, 0.05) is 6.54 Å². The summed E-state index contributed by atoms with van der Waals surface area (Å²) in [4.78, 5) is 34.3. The molecular weight excluding hydrogens is 202 g/mol. The van der Waals surface area contributed by atoms with Crippen molar-refractivity contribution in [3.05, 3.63) is 0 Å². The van der Waals surface area contributed by atoms with E-state index in [1.54, 1.807) is 0 Å². The molecule has 1 amide bonds. The van der Waals surface area contributed by atoms with Gasteiger partial charge < -0.3 is 14.7 Å². The number of carbonyl (C=O) groups is 3. The van der Waals surface area contributed by atoms with E-state index in [0.29, 0.717) is 19.4 Å². The first-order valence-electron chi connectivity index (χ1n) is 4.65. The van der Waals surface area contributed by atoms with Crippen LogP contribution in [0.15, 0.2) is 0 Å². The van der Waals surface area contributed by atoms with Gasteiger partial charge in [-0.15, -0.1) is 0 Å². The predicted molar refractivity (Wildman–Crippen MR) is 49.0 cm³/mol. The number of carboxylic acid groups (broad SMARTS) is 1. The first kappa shape index (κ1) is 11.5. The molecule has 15 heavy (non-hydrogen) atoms. The van der Waals surface area contributed by atoms with E-state index in [1.807, 2.05) is 0 Å². The van der Waals surface area contributed by atoms with E-state index in [9.17, 15) is 14.4 Å². The lowest BCUT2D eigenvalue weighted by molar-refractivity contribution is -0.152. The van der Waals surface area contributed by atoms with E-state index in [2.05, 4.69) is 4.74 Å². The third kappa shape index (κ3) is 2.68. The number of hydrogen-bond acceptors (Lipinski definition) is 4. The summed E-state index contributed by atoms with van der Waals surface area (Å²) in [5.41, 5.74) is 0. The minimum absolute atomic E-state index is 0.389. The Labute approximate surface area is 86.8 Å². The van der Waals surface area contributed by atoms with Gasteiger partial charge in [0.2, 0.25) is 5.91 Å². The van der Waals surface area contributed by atoms with Gasteiger partial charge >= 0.3 is 11.9 Å². The van der Waals surface area contributed by atoms with Gasteiger partial charge in [0.05, 0.1) is 7.11 Å². The molecule has 0 aromatic heterocycles. The van der Waals surface area contributed by atoms with Crippen molar-refractivity contribution in [1.82, 2.24) is 4.90 Å². The number of methoxy groups -OCH3 is 1. The molecule has 1 atom stereocenters. The van der Waals surface area contributed by atoms with Crippen molar-refractivity contribution in [2.45, 2.75) is 25.3 Å². The van der Waals surface area contributed by atoms with Crippen LogP contribution in [-0.4, -0.2) is 47.5 Å². The number of ether oxygens (including phenoxy) is 1. The predicted octanol–water partition coefficient (Wildman–Crippen LogP) is -0.375. The number of rotatable bonds is 3. The van der Waals surface area contributed by atoms with Crippen LogP contribution in [-0.2, 0) is 19.1 Å². The Kier molecular flexibility index (Phi) is 3.65. The van der Waals surface area contributed by atoms with Gasteiger partial charge in [-0.05, 0) is 12.8 Å². The summed E-state index contributed by atoms with van der Waals surface area (Å²) in [7, 11) is 1.19. The smallest absolute Gasteiger partial charge is 0.326 e. The number of amides is 1. The lowest BCUT2D eigenvalue weighted by Gasteiger charge is -2.20. The SMILES string of the molecule is COC(=O)CC(=O)N1CCCC1C(=O)O. The quantitative estimate of drug-likeness (QED) is 0.512. The van der Waals surface area contributed by atoms with Gasteiger partial charge in [0.25, 0.3) is 0 Å². The maximum Gasteiger partial charge on any atom is 0.326 e. The van der Waals surface area contributed by atoms with Gasteiger partial charge in [-0.25, -0.2) is 4.79 Å². The molecule has 0 spiro atoms. The van der Waals surface area contributed by atoms with E-state index in [1.165, 1.54) is 12.0 Å². The average Bonchev–Trinajstić information content (AvgIpc) is 2.65. The van der Waals surface area contributed by atoms with Gasteiger partial charge in [-0.2, -0.15) is 0 Å². The molecule has 0 aromatic carbocycles. The summed E-state index contributed by atoms with van der Waals surface area (Å²) in [5.74, 6) is -2.14. The minimum atomic E-state index is -1.02. The van der Waals surface area contributed by atoms with Gasteiger partial charge in [-0.3, -0.25) is 9.59 Å². The van der Waals surface area contributed by atoms with Crippen LogP contribution in [0, 0.1) is 0 Å². The number of carboxylic acids is 1. The fourth-order valence-electron chi connectivity index (χ4n) is 1.62. The van der Waals surface area contributed by atoms with Crippen molar-refractivity contribution in [3.63, 3.8) is 0 Å². The number of hydrogen-bond donors (Lipinski definition) is 1. The first-order chi connectivity index (χ1) is 7.06. The molecule has 1 saturated heterocycles. The highest BCUT2D eigenvalue weighted by Crippen LogP contribution is 2.18. The molecule has 1 fully saturated rings. The van der Waals surface area contributed by atoms with Crippen molar-refractivity contribution in [1.29, 1.82) is 0 Å². The fraction of sp³-hybridized carbons (Fsp3) is 0.667. The van der Waals surface area contributed by atoms with Crippen LogP contribution < -0.4 is 0 Å². The Morgan fingerprint density at radius 2 is 2.13 bits per heavy atom. The third-order valence-electron chi connectivity index (χ3n) is 2.38. The molecule has 1 heterocycles. The third-order valence-corrected chi connectivity index (χ3v) is 2.38. The van der Waals surface area contributed by atoms with Crippen molar-refractivity contribution < 1.29 is 24.2 Å². The summed E-state index contributed by atoms with van der Waals surface area (Å²) in [6.07, 6.45) is 0.715. The Morgan fingerprint density at radius 3 is 2.67 bits per heavy atom. The van der Waals surface area contributed by atoms with E-state index in [4.69, 9.17) is 5.11 Å². The largest absolute Gasteiger partial charge is 0.480 e. The molecule has 0 aliphatic carbocycles. The van der Waals surface area contributed by atoms with E-state index in [-0.39, 0.29) is 6.42 Å². The molecule has 0 radical (unpaired) electrons. The highest BCUT2D eigenvalue weighted by Gasteiger charge is 2.34. The molecule has 1 rings (SSSR count). The van der Waals surface area contributed by atoms with Crippen molar-refractivity contribution in [2.75, 3.05) is 13.7 Å². The van der Waals surface area contributed by atoms with Crippen molar-refractivity contribution in [2.24, 2.45) is 0 Å². The lowest BCUT2D eigenvalue weighted by Crippen LogP contribution is -2.41. The highest BCUT2D eigenvalue weighted by molar-refractivity contribution is 5.96. The molecular formula is C9H13NO5. The average molecular weight is 215 g/mol. The zero-order valence-electron chi connectivity index (χ0n) is 8.43. The van der Waals surface area contributed by atoms with Gasteiger partial charge in [0.1, 0.15) is 12.5 Å². The molecule has 6 nitrogen and oxygen atoms in total. The lowest BCUT2D eigenvalue weighted by atomic mass is 10.2. The Balaban J connectivity index is 2.58. The summed E-state index contributed by atoms with van der Waals surface area (Å²) in [6, 6.07) is -0.790. The van der Waals surface area contributed by atoms with E-state index < -0.39 is 23.9 Å². The maximum atomic E-state index is 11.5. The van der Waals surface area contributed by atoms with Gasteiger partial charge in [0.15, 0.2) is 0 Å². The van der Waals surface area contributed by atoms with Crippen LogP contribution in [0.4, 0.5) is 0 Å². The standard InChI is InChI=1S/C9H13NO5/c1-15-8(12)5-7(11)10-4-2-3-6(10)9(13)14/h6H,2-5H2,1H3,(H,13,14). The Hall–Kier alpha value is -1.59. The van der Waals surface area contributed by atoms with Crippen LogP contribution in [0.3, 0.4) is 0 Å². The Morgan fingerprint density at radius 1 is 1.47 bits per heavy atom. The maximum absolute atomic E-state index is 11.5. The first-order valence-corrected chi connectivity index (χ1v) is 4.65. The summed E-state index contributed by atoms with van der Waals surface area (Å²) in [6.45, 7) is 0.396. The van der Waals surface area contributed by atoms with Crippen molar-refractivity contribution >= 4 is 17.8 Å². The number of carbonyl (C=O) groups excluding carboxylic acids is 2. The molecule has 1 aliphatic rings. The van der Waals surface area contributed by atoms with Crippen LogP contribution in [0.1, 0.15) is 19.3 Å². The van der Waals surface area contributed by atoms with Gasteiger partial charge in [-0.1, -0.05) is 0 Å². The molecule has 1 aliphatic heterocycles. The number of likely N-dealkylation sites (tertiary alicyclic amines) is 1. The molecule has 1 unspecified atom stereocenters. The second-order valence-electron chi connectivity index (χ2n) is 3.34. The highest BCUT2D eigenvalue weighted by atomic mass is 16.5. The summed E-state index contributed by atoms with van der Waals surface area (Å²) >= 11 is 0. The zero-order valence-corrected chi connectivity index (χ0v) is 8.43. The second kappa shape index (κ2) is 4.77. The second-order valence-corrected chi connectivity index (χ2v) is 3.34. The fourth-order valence-corrected chi connectivity index (χ4v) is 1.62. The number of esters is 1. The number of aliphatic carboxylic acids is 1. The topological polar surface area (TPSA) is 83.9 Å². The molecule has 84 valence electrons. The van der Waals surface area contributed by atoms with Crippen LogP contribution in [0.2, 0.25) is 0 Å². The molecule has 0 bridgehead atoms. The van der Waals surface area contributed by atoms with Crippen LogP contribution in [0.25, 0.3) is 0 Å². The normalized spacial score (nSPS) is 20.1. The summed E-state index contributed by atoms with van der Waals surface area (Å²) < 4.78 is 4.34. The monoisotopic (exact) mass is 215 g/mol. The van der Waals surface area contributed by atoms with Crippen molar-refractivity contribution in [3.8, 4) is 0 Å². The molecule has 1 N–H and O–H groups in total. The molecule has 0 aromatic rings. The summed E-state index contributed by atoms with van der Waals surface area (Å²) in [5, 5.41) is 8.81. The van der Waals surface area contributed by atoms with E-state index in [0.717, 1.165) is 0 Å². The van der Waals surface area contributed by atoms with Crippen LogP contribution in [0.5, 0.6) is 0 Å². The van der Waals surface area contributed by atoms with E-state index >= 15 is 0 Å². The van der Waals surface area contributed by atoms with Crippen LogP contribution >= 0.6 is 0 Å². The zero-order chi connectivity index (χ0) is 11.4. The molecule has 0 saturated carbocycles.